The molecule has 0 atom stereocenters. The first-order valence-corrected chi connectivity index (χ1v) is 27.4. The van der Waals surface area contributed by atoms with E-state index >= 15 is 0 Å². The molecule has 1 aliphatic heterocycles. The van der Waals surface area contributed by atoms with Crippen molar-refractivity contribution >= 4 is 108 Å². The summed E-state index contributed by atoms with van der Waals surface area (Å²) in [5, 5.41) is 21.2. The number of hydrazine groups is 1. The molecule has 0 spiro atoms. The van der Waals surface area contributed by atoms with Crippen molar-refractivity contribution in [2.24, 2.45) is 17.2 Å². The van der Waals surface area contributed by atoms with E-state index in [0.717, 1.165) is 88.4 Å². The predicted molar refractivity (Wildman–Crippen MR) is 343 cm³/mol. The summed E-state index contributed by atoms with van der Waals surface area (Å²) in [5.41, 5.74) is 26.3. The second-order valence-corrected chi connectivity index (χ2v) is 22.0. The summed E-state index contributed by atoms with van der Waals surface area (Å²) in [6.07, 6.45) is 23.9. The maximum absolute atomic E-state index is 11.0. The standard InChI is InChI=1S/C41H42B2N2O.C21H20BN2.C7H16/c1-10-17-30-27(11-2)22-33(35-23(6)18-15-20-31(30)35)28(12-3)25(8)34(14-5)45-40-24(7)19-16-21-32(40)39(44-45)36-29(13-4)37(42)26(9)41(46)38(36)43;1-3-14-16(15-8-5-4-7-13(15)2)11-12-18-17-9-6-10-19(24-23)21(17)22-20(14)18;1-6(2)7(3,4)5/h11-15,17-20,22,46H,3-4,10,16,21H2,1-2,5-9H3;3,5-6,8-12,24H,1,4,7,23H2,2H3;6H,1-5H3/b27-11-,28-25+,30-17+,34-14+;;. The number of phenols is 1. The van der Waals surface area contributed by atoms with Gasteiger partial charge in [-0.05, 0) is 203 Å². The van der Waals surface area contributed by atoms with Gasteiger partial charge in [0.05, 0.1) is 17.1 Å². The van der Waals surface area contributed by atoms with Crippen LogP contribution >= 0.6 is 0 Å². The van der Waals surface area contributed by atoms with Crippen molar-refractivity contribution in [3.05, 3.63) is 171 Å². The molecule has 0 fully saturated rings. The Kier molecular flexibility index (Phi) is 18.1. The third-order valence-corrected chi connectivity index (χ3v) is 16.2. The summed E-state index contributed by atoms with van der Waals surface area (Å²) in [6.45, 7) is 40.5. The number of aromatic hydroxyl groups is 1. The number of hydrogen-bond donors (Lipinski definition) is 3. The van der Waals surface area contributed by atoms with E-state index < -0.39 is 0 Å². The summed E-state index contributed by atoms with van der Waals surface area (Å²) < 4.78 is 2.04. The summed E-state index contributed by atoms with van der Waals surface area (Å²) in [7, 11) is 15.4. The minimum absolute atomic E-state index is 0.0182. The van der Waals surface area contributed by atoms with Crippen LogP contribution in [0.25, 0.3) is 79.9 Å². The molecule has 5 nitrogen and oxygen atoms in total. The Morgan fingerprint density at radius 3 is 2.19 bits per heavy atom. The molecule has 0 saturated carbocycles. The van der Waals surface area contributed by atoms with Crippen molar-refractivity contribution in [3.8, 4) is 28.1 Å². The van der Waals surface area contributed by atoms with E-state index in [1.807, 2.05) is 35.9 Å². The van der Waals surface area contributed by atoms with Gasteiger partial charge in [0.15, 0.2) is 7.28 Å². The lowest BCUT2D eigenvalue weighted by Crippen LogP contribution is -2.28. The average Bonchev–Trinajstić information content (AvgIpc) is 4.14. The molecule has 389 valence electrons. The lowest BCUT2D eigenvalue weighted by molar-refractivity contribution is 0.283. The fourth-order valence-electron chi connectivity index (χ4n) is 10.9. The van der Waals surface area contributed by atoms with Gasteiger partial charge in [-0.15, -0.1) is 0 Å². The molecular weight excluding hydrogens is 933 g/mol. The summed E-state index contributed by atoms with van der Waals surface area (Å²) in [5.74, 6) is 6.47. The lowest BCUT2D eigenvalue weighted by atomic mass is 9.64. The van der Waals surface area contributed by atoms with Crippen LogP contribution in [0.4, 0.5) is 5.69 Å². The van der Waals surface area contributed by atoms with Crippen molar-refractivity contribution < 1.29 is 5.11 Å². The molecular formula is C69H78B3N4O. The third kappa shape index (κ3) is 11.0. The zero-order valence-electron chi connectivity index (χ0n) is 48.3. The van der Waals surface area contributed by atoms with E-state index in [4.69, 9.17) is 26.6 Å². The number of aryl methyl sites for hydroxylation is 1. The van der Waals surface area contributed by atoms with Gasteiger partial charge in [-0.2, -0.15) is 5.10 Å². The molecule has 0 unspecified atom stereocenters. The monoisotopic (exact) mass is 1010 g/mol. The summed E-state index contributed by atoms with van der Waals surface area (Å²) in [4.78, 5) is 0. The van der Waals surface area contributed by atoms with Crippen LogP contribution < -0.4 is 43.6 Å². The maximum atomic E-state index is 11.0. The fourth-order valence-corrected chi connectivity index (χ4v) is 10.9. The highest BCUT2D eigenvalue weighted by atomic mass is 16.3. The molecule has 2 heterocycles. The Hall–Kier alpha value is -7.02. The molecule has 5 aromatic carbocycles. The first-order chi connectivity index (χ1) is 36.7. The number of nitrogens with one attached hydrogen (secondary N) is 1. The molecule has 6 aromatic rings. The Morgan fingerprint density at radius 2 is 1.58 bits per heavy atom. The van der Waals surface area contributed by atoms with Gasteiger partial charge >= 0.3 is 0 Å². The molecule has 1 aromatic heterocycles. The fraction of sp³-hybridized carbons (Fsp3) is 0.290. The van der Waals surface area contributed by atoms with E-state index in [2.05, 4.69) is 188 Å². The Balaban J connectivity index is 0.000000229. The zero-order valence-corrected chi connectivity index (χ0v) is 48.3. The molecule has 9 rings (SSSR count). The van der Waals surface area contributed by atoms with Crippen molar-refractivity contribution in [2.45, 2.75) is 122 Å². The van der Waals surface area contributed by atoms with Crippen molar-refractivity contribution in [1.29, 1.82) is 0 Å². The number of benzene rings is 5. The molecule has 0 saturated heterocycles. The molecule has 0 amide bonds. The minimum atomic E-state index is -0.0182. The molecule has 5 radical (unpaired) electrons. The zero-order chi connectivity index (χ0) is 56.2. The average molecular weight is 1010 g/mol. The maximum Gasteiger partial charge on any atom is 0.196 e. The SMILES string of the molecule is C=Cc1c(C2=C(C)CCC=C2)ccc2c1[B]c1c(NN)cccc1-2.CC(C)C(C)(C)C.[B]c1c(C)c(O)c([B])c(-c2nn(C(=C/C)/C(C)=C(\C=C)c3cc(=C/C)/c(=C\CC)c4cccc(C)c34)c3c2CCC=C3C)c1C=C. The van der Waals surface area contributed by atoms with E-state index in [1.165, 1.54) is 65.6 Å². The quantitative estimate of drug-likeness (QED) is 0.0552. The molecule has 77 heavy (non-hydrogen) atoms. The van der Waals surface area contributed by atoms with Gasteiger partial charge in [0, 0.05) is 16.8 Å². The molecule has 3 aliphatic rings. The van der Waals surface area contributed by atoms with E-state index in [0.29, 0.717) is 33.3 Å². The largest absolute Gasteiger partial charge is 0.508 e. The van der Waals surface area contributed by atoms with Crippen LogP contribution in [0.1, 0.15) is 146 Å². The van der Waals surface area contributed by atoms with Crippen LogP contribution in [0.3, 0.4) is 0 Å². The van der Waals surface area contributed by atoms with E-state index in [-0.39, 0.29) is 11.2 Å². The van der Waals surface area contributed by atoms with Crippen LogP contribution in [0, 0.1) is 25.2 Å². The Morgan fingerprint density at radius 1 is 0.909 bits per heavy atom. The second kappa shape index (κ2) is 24.1. The van der Waals surface area contributed by atoms with Gasteiger partial charge in [-0.1, -0.05) is 175 Å². The van der Waals surface area contributed by atoms with Gasteiger partial charge in [0.2, 0.25) is 0 Å². The highest BCUT2D eigenvalue weighted by molar-refractivity contribution is 6.75. The normalized spacial score (nSPS) is 14.6. The number of hydrogen-bond acceptors (Lipinski definition) is 4. The van der Waals surface area contributed by atoms with Gasteiger partial charge < -0.3 is 10.5 Å². The molecule has 2 aliphatic carbocycles. The number of allylic oxidation sites excluding steroid dienone is 11. The van der Waals surface area contributed by atoms with Crippen molar-refractivity contribution in [2.75, 3.05) is 5.43 Å². The van der Waals surface area contributed by atoms with Crippen LogP contribution in [0.2, 0.25) is 0 Å². The molecule has 0 bridgehead atoms. The molecule has 4 N–H and O–H groups in total. The number of rotatable bonds is 10. The number of aromatic nitrogens is 2. The number of nitrogen functional groups attached to an aromatic ring is 1. The Labute approximate surface area is 464 Å². The highest BCUT2D eigenvalue weighted by Gasteiger charge is 2.30. The number of fused-ring (bicyclic) bond motifs is 5. The van der Waals surface area contributed by atoms with Gasteiger partial charge in [0.25, 0.3) is 0 Å². The van der Waals surface area contributed by atoms with Gasteiger partial charge in [-0.25, -0.2) is 4.68 Å². The highest BCUT2D eigenvalue weighted by Crippen LogP contribution is 2.41. The van der Waals surface area contributed by atoms with Crippen LogP contribution in [0.5, 0.6) is 5.75 Å². The first-order valence-electron chi connectivity index (χ1n) is 27.4. The number of anilines is 1. The summed E-state index contributed by atoms with van der Waals surface area (Å²) >= 11 is 0. The van der Waals surface area contributed by atoms with Crippen LogP contribution in [0.15, 0.2) is 116 Å². The Bertz CT molecular complexity index is 3640. The van der Waals surface area contributed by atoms with Gasteiger partial charge in [0.1, 0.15) is 21.4 Å². The van der Waals surface area contributed by atoms with Crippen LogP contribution in [-0.4, -0.2) is 37.9 Å². The number of nitrogens with two attached hydrogens (primary N) is 1. The van der Waals surface area contributed by atoms with Crippen molar-refractivity contribution in [1.82, 2.24) is 9.78 Å². The first kappa shape index (κ1) is 57.7. The summed E-state index contributed by atoms with van der Waals surface area (Å²) in [6, 6.07) is 19.5. The predicted octanol–water partition coefficient (Wildman–Crippen LogP) is 13.2. The number of phenolic OH excluding ortho intramolecular Hbond substituents is 1. The lowest BCUT2D eigenvalue weighted by Gasteiger charge is -2.22. The van der Waals surface area contributed by atoms with Crippen molar-refractivity contribution in [3.63, 3.8) is 0 Å². The number of nitrogens with zero attached hydrogens (tertiary/aromatic N) is 2. The third-order valence-electron chi connectivity index (χ3n) is 16.2. The van der Waals surface area contributed by atoms with Crippen LogP contribution in [-0.2, 0) is 6.42 Å². The topological polar surface area (TPSA) is 76.1 Å². The van der Waals surface area contributed by atoms with E-state index in [1.54, 1.807) is 13.0 Å². The minimum Gasteiger partial charge on any atom is -0.508 e. The molecule has 8 heteroatoms. The van der Waals surface area contributed by atoms with E-state index in [9.17, 15) is 5.11 Å². The smallest absolute Gasteiger partial charge is 0.196 e. The van der Waals surface area contributed by atoms with Gasteiger partial charge in [-0.3, -0.25) is 5.84 Å². The second-order valence-electron chi connectivity index (χ2n) is 22.0.